The minimum Gasteiger partial charge on any atom is -0.550 e. The van der Waals surface area contributed by atoms with Crippen LogP contribution in [0.1, 0.15) is 34.9 Å². The van der Waals surface area contributed by atoms with Gasteiger partial charge in [-0.1, -0.05) is 24.3 Å². The van der Waals surface area contributed by atoms with E-state index in [9.17, 15) is 9.90 Å². The first-order valence-electron chi connectivity index (χ1n) is 12.6. The third kappa shape index (κ3) is 6.07. The van der Waals surface area contributed by atoms with Gasteiger partial charge in [0.25, 0.3) is 0 Å². The number of carbonyl (C=O) groups excluding carboxylic acids is 1. The first kappa shape index (κ1) is 28.2. The van der Waals surface area contributed by atoms with E-state index in [1.807, 2.05) is 6.07 Å². The Hall–Kier alpha value is -2.85. The number of carbonyl (C=O) groups is 1. The van der Waals surface area contributed by atoms with Crippen molar-refractivity contribution in [1.29, 1.82) is 0 Å². The van der Waals surface area contributed by atoms with Crippen LogP contribution in [0.3, 0.4) is 0 Å². The average molecular weight is 527 g/mol. The van der Waals surface area contributed by atoms with Gasteiger partial charge in [0.2, 0.25) is 5.95 Å². The summed E-state index contributed by atoms with van der Waals surface area (Å²) in [5.41, 5.74) is 12.6. The van der Waals surface area contributed by atoms with Crippen molar-refractivity contribution >= 4 is 17.6 Å². The molecule has 0 amide bonds. The topological polar surface area (TPSA) is 123 Å². The molecular weight excluding hydrogens is 495 g/mol. The van der Waals surface area contributed by atoms with E-state index in [4.69, 9.17) is 29.9 Å². The number of carboxylic acids is 1. The number of aromatic nitrogens is 2. The Bertz CT molecular complexity index is 1290. The molecule has 1 aromatic heterocycles. The molecule has 4 heterocycles. The fraction of sp³-hybridized carbons (Fsp3) is 0.393. The van der Waals surface area contributed by atoms with Crippen LogP contribution in [0.25, 0.3) is 11.1 Å². The van der Waals surface area contributed by atoms with Crippen molar-refractivity contribution in [3.8, 4) is 22.6 Å². The number of nitrogens with two attached hydrogens (primary N) is 1. The second-order valence-electron chi connectivity index (χ2n) is 9.44. The summed E-state index contributed by atoms with van der Waals surface area (Å²) in [5, 5.41) is 10.4. The first-order chi connectivity index (χ1) is 17.9. The summed E-state index contributed by atoms with van der Waals surface area (Å²) < 4.78 is 16.6. The molecule has 0 spiro atoms. The van der Waals surface area contributed by atoms with Crippen molar-refractivity contribution < 1.29 is 53.7 Å². The van der Waals surface area contributed by atoms with Crippen LogP contribution in [0.5, 0.6) is 11.5 Å². The van der Waals surface area contributed by atoms with Gasteiger partial charge in [-0.15, -0.1) is 0 Å². The van der Waals surface area contributed by atoms with Crippen LogP contribution >= 0.6 is 0 Å². The normalized spacial score (nSPS) is 17.2. The minimum absolute atomic E-state index is 0. The summed E-state index contributed by atoms with van der Waals surface area (Å²) in [4.78, 5) is 22.2. The number of para-hydroxylation sites is 1. The van der Waals surface area contributed by atoms with Gasteiger partial charge in [0, 0.05) is 59.8 Å². The number of morpholine rings is 1. The maximum absolute atomic E-state index is 10.4. The molecule has 3 aliphatic heterocycles. The minimum atomic E-state index is -1.05. The van der Waals surface area contributed by atoms with Crippen LogP contribution in [-0.2, 0) is 16.0 Å². The SMILES string of the molecule is Cc1nc(N2CCOCC2)nc(C)c1-c1cccc2c1OCC2.Nc1ccc2c(c1)OCC2CC(=O)[O-].[Na+]. The van der Waals surface area contributed by atoms with E-state index in [0.29, 0.717) is 18.0 Å². The number of anilines is 2. The smallest absolute Gasteiger partial charge is 0.550 e. The van der Waals surface area contributed by atoms with Gasteiger partial charge in [0.15, 0.2) is 0 Å². The molecule has 1 saturated heterocycles. The predicted octanol–water partition coefficient (Wildman–Crippen LogP) is -0.579. The number of aliphatic carboxylic acids is 1. The third-order valence-corrected chi connectivity index (χ3v) is 6.87. The molecule has 3 aromatic rings. The fourth-order valence-electron chi connectivity index (χ4n) is 5.07. The van der Waals surface area contributed by atoms with Crippen LogP contribution < -0.4 is 54.8 Å². The van der Waals surface area contributed by atoms with Crippen LogP contribution in [0, 0.1) is 13.8 Å². The molecule has 0 aliphatic carbocycles. The molecule has 3 aliphatic rings. The fourth-order valence-corrected chi connectivity index (χ4v) is 5.07. The molecule has 194 valence electrons. The molecule has 2 aromatic carbocycles. The Kier molecular flexibility index (Phi) is 9.15. The van der Waals surface area contributed by atoms with Gasteiger partial charge < -0.3 is 34.7 Å². The Morgan fingerprint density at radius 3 is 2.53 bits per heavy atom. The first-order valence-corrected chi connectivity index (χ1v) is 12.6. The van der Waals surface area contributed by atoms with Crippen molar-refractivity contribution in [2.24, 2.45) is 0 Å². The number of fused-ring (bicyclic) bond motifs is 2. The van der Waals surface area contributed by atoms with Crippen molar-refractivity contribution in [3.05, 3.63) is 58.9 Å². The molecule has 10 heteroatoms. The molecule has 0 radical (unpaired) electrons. The van der Waals surface area contributed by atoms with Gasteiger partial charge in [-0.25, -0.2) is 9.97 Å². The van der Waals surface area contributed by atoms with E-state index in [-0.39, 0.29) is 41.9 Å². The number of aryl methyl sites for hydroxylation is 2. The zero-order valence-corrected chi connectivity index (χ0v) is 24.2. The monoisotopic (exact) mass is 526 g/mol. The van der Waals surface area contributed by atoms with Gasteiger partial charge in [-0.05, 0) is 31.9 Å². The van der Waals surface area contributed by atoms with Crippen molar-refractivity contribution in [3.63, 3.8) is 0 Å². The van der Waals surface area contributed by atoms with Gasteiger partial charge in [-0.3, -0.25) is 0 Å². The molecule has 1 atom stereocenters. The summed E-state index contributed by atoms with van der Waals surface area (Å²) in [6.07, 6.45) is 0.977. The number of nitrogens with zero attached hydrogens (tertiary/aromatic N) is 3. The second-order valence-corrected chi connectivity index (χ2v) is 9.44. The van der Waals surface area contributed by atoms with Gasteiger partial charge in [0.1, 0.15) is 11.5 Å². The molecular formula is C28H31N4NaO5. The standard InChI is InChI=1S/C18H21N3O2.C10H11NO3.Na/c1-12-16(15-5-3-4-14-6-9-23-17(14)15)13(2)20-18(19-12)21-7-10-22-11-8-21;11-7-1-2-8-6(3-10(12)13)5-14-9(8)4-7;/h3-5H,6-11H2,1-2H3;1-2,4,6H,3,5,11H2,(H,12,13);/q;;+1/p-1. The van der Waals surface area contributed by atoms with Crippen molar-refractivity contribution in [2.75, 3.05) is 50.2 Å². The predicted molar refractivity (Wildman–Crippen MR) is 138 cm³/mol. The molecule has 6 rings (SSSR count). The Labute approximate surface area is 244 Å². The summed E-state index contributed by atoms with van der Waals surface area (Å²) >= 11 is 0. The largest absolute Gasteiger partial charge is 1.00 e. The number of ether oxygens (including phenoxy) is 3. The molecule has 38 heavy (non-hydrogen) atoms. The molecule has 0 saturated carbocycles. The maximum Gasteiger partial charge on any atom is 1.00 e. The number of nitrogen functional groups attached to an aromatic ring is 1. The van der Waals surface area contributed by atoms with Crippen LogP contribution in [0.15, 0.2) is 36.4 Å². The summed E-state index contributed by atoms with van der Waals surface area (Å²) in [7, 11) is 0. The Morgan fingerprint density at radius 2 is 1.82 bits per heavy atom. The number of hydrogen-bond acceptors (Lipinski definition) is 9. The molecule has 1 unspecified atom stereocenters. The molecule has 9 nitrogen and oxygen atoms in total. The molecule has 1 fully saturated rings. The number of benzene rings is 2. The number of hydrogen-bond donors (Lipinski definition) is 1. The number of carboxylic acid groups (broad SMARTS) is 1. The average Bonchev–Trinajstić information content (AvgIpc) is 3.51. The Morgan fingerprint density at radius 1 is 1.08 bits per heavy atom. The van der Waals surface area contributed by atoms with Crippen LogP contribution in [0.4, 0.5) is 11.6 Å². The van der Waals surface area contributed by atoms with Crippen LogP contribution in [-0.4, -0.2) is 55.5 Å². The maximum atomic E-state index is 10.4. The van der Waals surface area contributed by atoms with E-state index in [2.05, 4.69) is 36.9 Å². The quantitative estimate of drug-likeness (QED) is 0.351. The Balaban J connectivity index is 0.000000193. The van der Waals surface area contributed by atoms with Gasteiger partial charge >= 0.3 is 29.6 Å². The van der Waals surface area contributed by atoms with Crippen LogP contribution in [0.2, 0.25) is 0 Å². The van der Waals surface area contributed by atoms with E-state index >= 15 is 0 Å². The van der Waals surface area contributed by atoms with E-state index in [1.165, 1.54) is 5.56 Å². The van der Waals surface area contributed by atoms with Crippen molar-refractivity contribution in [1.82, 2.24) is 9.97 Å². The van der Waals surface area contributed by atoms with E-state index < -0.39 is 5.97 Å². The zero-order valence-electron chi connectivity index (χ0n) is 22.2. The van der Waals surface area contributed by atoms with E-state index in [1.54, 1.807) is 12.1 Å². The molecule has 2 N–H and O–H groups in total. The summed E-state index contributed by atoms with van der Waals surface area (Å²) in [6.45, 7) is 8.45. The third-order valence-electron chi connectivity index (χ3n) is 6.87. The second kappa shape index (κ2) is 12.3. The van der Waals surface area contributed by atoms with E-state index in [0.717, 1.165) is 79.1 Å². The van der Waals surface area contributed by atoms with Crippen molar-refractivity contribution in [2.45, 2.75) is 32.6 Å². The number of rotatable bonds is 4. The molecule has 0 bridgehead atoms. The van der Waals surface area contributed by atoms with Gasteiger partial charge in [-0.2, -0.15) is 0 Å². The zero-order chi connectivity index (χ0) is 25.9. The summed E-state index contributed by atoms with van der Waals surface area (Å²) in [6, 6.07) is 11.6. The summed E-state index contributed by atoms with van der Waals surface area (Å²) in [5.74, 6) is 1.34. The van der Waals surface area contributed by atoms with Gasteiger partial charge in [0.05, 0.1) is 37.8 Å².